The van der Waals surface area contributed by atoms with Gasteiger partial charge >= 0.3 is 5.97 Å². The van der Waals surface area contributed by atoms with Crippen molar-refractivity contribution in [2.45, 2.75) is 31.8 Å². The van der Waals surface area contributed by atoms with Crippen molar-refractivity contribution < 1.29 is 14.3 Å². The number of aromatic nitrogens is 3. The number of carbonyl (C=O) groups excluding carboxylic acids is 2. The maximum atomic E-state index is 12.6. The third-order valence-corrected chi connectivity index (χ3v) is 5.73. The molecule has 0 saturated carbocycles. The minimum absolute atomic E-state index is 0.125. The van der Waals surface area contributed by atoms with Crippen LogP contribution in [0.15, 0.2) is 24.4 Å². The van der Waals surface area contributed by atoms with E-state index in [4.69, 9.17) is 23.2 Å². The van der Waals surface area contributed by atoms with Gasteiger partial charge in [-0.1, -0.05) is 34.5 Å². The van der Waals surface area contributed by atoms with Gasteiger partial charge in [0.2, 0.25) is 5.91 Å². The SMILES string of the molecule is COC(=O)c1cn(C2CCN(C(C)C(=O)Nc3cccc(Cl)c3Cl)CC2)nn1. The van der Waals surface area contributed by atoms with E-state index in [1.165, 1.54) is 7.11 Å². The lowest BCUT2D eigenvalue weighted by Gasteiger charge is -2.35. The Labute approximate surface area is 172 Å². The summed E-state index contributed by atoms with van der Waals surface area (Å²) in [6, 6.07) is 4.93. The molecule has 1 saturated heterocycles. The molecule has 150 valence electrons. The van der Waals surface area contributed by atoms with Crippen molar-refractivity contribution in [3.05, 3.63) is 40.1 Å². The molecule has 1 aromatic carbocycles. The molecule has 1 amide bonds. The topological polar surface area (TPSA) is 89.4 Å². The van der Waals surface area contributed by atoms with Crippen molar-refractivity contribution >= 4 is 40.8 Å². The standard InChI is InChI=1S/C18H21Cl2N5O3/c1-11(17(26)21-14-5-3-4-13(19)16(14)20)24-8-6-12(7-9-24)25-10-15(22-23-25)18(27)28-2/h3-5,10-12H,6-9H2,1-2H3,(H,21,26). The summed E-state index contributed by atoms with van der Waals surface area (Å²) in [6.45, 7) is 3.30. The molecule has 28 heavy (non-hydrogen) atoms. The number of nitrogens with zero attached hydrogens (tertiary/aromatic N) is 4. The molecular weight excluding hydrogens is 405 g/mol. The van der Waals surface area contributed by atoms with Crippen molar-refractivity contribution in [2.24, 2.45) is 0 Å². The zero-order valence-electron chi connectivity index (χ0n) is 15.6. The van der Waals surface area contributed by atoms with E-state index in [2.05, 4.69) is 25.3 Å². The van der Waals surface area contributed by atoms with Gasteiger partial charge in [0.15, 0.2) is 5.69 Å². The number of amides is 1. The van der Waals surface area contributed by atoms with Crippen molar-refractivity contribution in [2.75, 3.05) is 25.5 Å². The van der Waals surface area contributed by atoms with Crippen LogP contribution in [0.2, 0.25) is 10.0 Å². The van der Waals surface area contributed by atoms with Crippen molar-refractivity contribution in [1.82, 2.24) is 19.9 Å². The number of carbonyl (C=O) groups is 2. The van der Waals surface area contributed by atoms with Gasteiger partial charge in [-0.25, -0.2) is 9.48 Å². The first-order valence-electron chi connectivity index (χ1n) is 8.89. The van der Waals surface area contributed by atoms with Crippen LogP contribution in [0.4, 0.5) is 5.69 Å². The van der Waals surface area contributed by atoms with Crippen molar-refractivity contribution in [3.63, 3.8) is 0 Å². The Hall–Kier alpha value is -2.16. The van der Waals surface area contributed by atoms with E-state index in [0.717, 1.165) is 25.9 Å². The van der Waals surface area contributed by atoms with Crippen LogP contribution < -0.4 is 5.32 Å². The van der Waals surface area contributed by atoms with Gasteiger partial charge in [-0.2, -0.15) is 0 Å². The van der Waals surface area contributed by atoms with Gasteiger partial charge in [0.05, 0.1) is 41.1 Å². The molecule has 0 bridgehead atoms. The van der Waals surface area contributed by atoms with Crippen LogP contribution in [-0.2, 0) is 9.53 Å². The Morgan fingerprint density at radius 3 is 2.68 bits per heavy atom. The summed E-state index contributed by atoms with van der Waals surface area (Å²) in [5.41, 5.74) is 0.690. The minimum Gasteiger partial charge on any atom is -0.464 e. The van der Waals surface area contributed by atoms with Crippen LogP contribution in [0.5, 0.6) is 0 Å². The Bertz CT molecular complexity index is 865. The second-order valence-corrected chi connectivity index (χ2v) is 7.39. The number of hydrogen-bond acceptors (Lipinski definition) is 6. The Kier molecular flexibility index (Phi) is 6.53. The predicted octanol–water partition coefficient (Wildman–Crippen LogP) is 3.04. The third kappa shape index (κ3) is 4.45. The Morgan fingerprint density at radius 1 is 1.29 bits per heavy atom. The second kappa shape index (κ2) is 8.89. The van der Waals surface area contributed by atoms with Crippen LogP contribution in [0, 0.1) is 0 Å². The Balaban J connectivity index is 1.56. The van der Waals surface area contributed by atoms with E-state index in [-0.39, 0.29) is 23.7 Å². The van der Waals surface area contributed by atoms with Crippen LogP contribution in [0.25, 0.3) is 0 Å². The van der Waals surface area contributed by atoms with Gasteiger partial charge < -0.3 is 10.1 Å². The molecule has 3 rings (SSSR count). The predicted molar refractivity (Wildman–Crippen MR) is 106 cm³/mol. The summed E-state index contributed by atoms with van der Waals surface area (Å²) in [7, 11) is 1.31. The molecule has 1 unspecified atom stereocenters. The number of anilines is 1. The normalized spacial score (nSPS) is 16.6. The molecule has 1 N–H and O–H groups in total. The highest BCUT2D eigenvalue weighted by atomic mass is 35.5. The molecule has 0 spiro atoms. The maximum Gasteiger partial charge on any atom is 0.360 e. The summed E-state index contributed by atoms with van der Waals surface area (Å²) in [4.78, 5) is 26.2. The van der Waals surface area contributed by atoms with Crippen molar-refractivity contribution in [3.8, 4) is 0 Å². The largest absolute Gasteiger partial charge is 0.464 e. The lowest BCUT2D eigenvalue weighted by molar-refractivity contribution is -0.121. The highest BCUT2D eigenvalue weighted by molar-refractivity contribution is 6.44. The van der Waals surface area contributed by atoms with Gasteiger partial charge in [0.25, 0.3) is 0 Å². The summed E-state index contributed by atoms with van der Waals surface area (Å²) in [5.74, 6) is -0.648. The van der Waals surface area contributed by atoms with Gasteiger partial charge in [0.1, 0.15) is 0 Å². The lowest BCUT2D eigenvalue weighted by Crippen LogP contribution is -2.46. The fraction of sp³-hybridized carbons (Fsp3) is 0.444. The number of esters is 1. The number of ether oxygens (including phenoxy) is 1. The quantitative estimate of drug-likeness (QED) is 0.740. The van der Waals surface area contributed by atoms with Gasteiger partial charge in [-0.3, -0.25) is 9.69 Å². The zero-order valence-corrected chi connectivity index (χ0v) is 17.1. The summed E-state index contributed by atoms with van der Waals surface area (Å²) in [6.07, 6.45) is 3.18. The summed E-state index contributed by atoms with van der Waals surface area (Å²) in [5, 5.41) is 11.4. The number of benzene rings is 1. The van der Waals surface area contributed by atoms with E-state index < -0.39 is 5.97 Å². The molecule has 0 aliphatic carbocycles. The van der Waals surface area contributed by atoms with Gasteiger partial charge in [0, 0.05) is 13.1 Å². The number of halogens is 2. The Morgan fingerprint density at radius 2 is 2.00 bits per heavy atom. The molecule has 10 heteroatoms. The minimum atomic E-state index is -0.506. The summed E-state index contributed by atoms with van der Waals surface area (Å²) >= 11 is 12.1. The van der Waals surface area contributed by atoms with Crippen LogP contribution in [0.3, 0.4) is 0 Å². The number of likely N-dealkylation sites (tertiary alicyclic amines) is 1. The molecular formula is C18H21Cl2N5O3. The van der Waals surface area contributed by atoms with E-state index in [0.29, 0.717) is 15.7 Å². The lowest BCUT2D eigenvalue weighted by atomic mass is 10.0. The number of nitrogens with one attached hydrogen (secondary N) is 1. The first-order valence-corrected chi connectivity index (χ1v) is 9.65. The zero-order chi connectivity index (χ0) is 20.3. The number of methoxy groups -OCH3 is 1. The smallest absolute Gasteiger partial charge is 0.360 e. The van der Waals surface area contributed by atoms with Gasteiger partial charge in [-0.05, 0) is 31.9 Å². The van der Waals surface area contributed by atoms with E-state index in [1.807, 2.05) is 6.92 Å². The number of piperidine rings is 1. The fourth-order valence-electron chi connectivity index (χ4n) is 3.19. The van der Waals surface area contributed by atoms with Crippen LogP contribution in [-0.4, -0.2) is 58.0 Å². The average molecular weight is 426 g/mol. The molecule has 1 fully saturated rings. The molecule has 1 aliphatic rings. The van der Waals surface area contributed by atoms with Crippen molar-refractivity contribution in [1.29, 1.82) is 0 Å². The van der Waals surface area contributed by atoms with E-state index in [9.17, 15) is 9.59 Å². The van der Waals surface area contributed by atoms with Gasteiger partial charge in [-0.15, -0.1) is 5.10 Å². The molecule has 2 aromatic rings. The van der Waals surface area contributed by atoms with Crippen LogP contribution >= 0.6 is 23.2 Å². The molecule has 1 aromatic heterocycles. The first-order chi connectivity index (χ1) is 13.4. The molecule has 1 aliphatic heterocycles. The molecule has 8 nitrogen and oxygen atoms in total. The molecule has 2 heterocycles. The van der Waals surface area contributed by atoms with E-state index in [1.54, 1.807) is 29.1 Å². The molecule has 0 radical (unpaired) electrons. The third-order valence-electron chi connectivity index (χ3n) is 4.91. The number of hydrogen-bond donors (Lipinski definition) is 1. The average Bonchev–Trinajstić information content (AvgIpc) is 3.20. The first kappa shape index (κ1) is 20.6. The monoisotopic (exact) mass is 425 g/mol. The second-order valence-electron chi connectivity index (χ2n) is 6.61. The maximum absolute atomic E-state index is 12.6. The summed E-state index contributed by atoms with van der Waals surface area (Å²) < 4.78 is 6.35. The highest BCUT2D eigenvalue weighted by Gasteiger charge is 2.28. The fourth-order valence-corrected chi connectivity index (χ4v) is 3.54. The van der Waals surface area contributed by atoms with E-state index >= 15 is 0 Å². The van der Waals surface area contributed by atoms with Crippen LogP contribution in [0.1, 0.15) is 36.3 Å². The molecule has 1 atom stereocenters. The highest BCUT2D eigenvalue weighted by Crippen LogP contribution is 2.30. The number of rotatable bonds is 5.